The lowest BCUT2D eigenvalue weighted by Gasteiger charge is -2.29. The molecule has 0 aliphatic heterocycles. The highest BCUT2D eigenvalue weighted by molar-refractivity contribution is 7.99. The Hall–Kier alpha value is -1.44. The number of halogens is 2. The molecule has 1 heterocycles. The number of amides is 1. The minimum absolute atomic E-state index is 0.0147. The number of benzene rings is 1. The highest BCUT2D eigenvalue weighted by atomic mass is 35.5. The summed E-state index contributed by atoms with van der Waals surface area (Å²) in [4.78, 5) is 12.2. The Labute approximate surface area is 166 Å². The van der Waals surface area contributed by atoms with E-state index in [0.29, 0.717) is 32.5 Å². The number of hydrogen-bond acceptors (Lipinski definition) is 5. The summed E-state index contributed by atoms with van der Waals surface area (Å²) >= 11 is 13.5. The number of nitrogens with two attached hydrogens (primary N) is 1. The minimum atomic E-state index is -0.0147. The largest absolute Gasteiger partial charge is 0.352 e. The van der Waals surface area contributed by atoms with Crippen LogP contribution in [0.15, 0.2) is 23.4 Å². The molecule has 0 bridgehead atoms. The zero-order valence-electron chi connectivity index (χ0n) is 14.4. The molecule has 26 heavy (non-hydrogen) atoms. The van der Waals surface area contributed by atoms with E-state index >= 15 is 0 Å². The predicted molar refractivity (Wildman–Crippen MR) is 106 cm³/mol. The van der Waals surface area contributed by atoms with Crippen LogP contribution >= 0.6 is 35.0 Å². The van der Waals surface area contributed by atoms with E-state index in [1.807, 2.05) is 0 Å². The summed E-state index contributed by atoms with van der Waals surface area (Å²) in [5, 5.41) is 12.7. The molecule has 0 spiro atoms. The van der Waals surface area contributed by atoms with Gasteiger partial charge in [0.1, 0.15) is 0 Å². The molecule has 9 heteroatoms. The van der Waals surface area contributed by atoms with Crippen molar-refractivity contribution in [2.75, 3.05) is 11.6 Å². The molecule has 0 unspecified atom stereocenters. The number of thioether (sulfide) groups is 1. The van der Waals surface area contributed by atoms with Gasteiger partial charge in [-0.15, -0.1) is 10.2 Å². The summed E-state index contributed by atoms with van der Waals surface area (Å²) in [7, 11) is 0. The molecular weight excluding hydrogens is 393 g/mol. The molecule has 6 nitrogen and oxygen atoms in total. The second kappa shape index (κ2) is 8.50. The van der Waals surface area contributed by atoms with Crippen molar-refractivity contribution in [3.8, 4) is 11.4 Å². The van der Waals surface area contributed by atoms with Gasteiger partial charge in [0.05, 0.1) is 10.8 Å². The van der Waals surface area contributed by atoms with Crippen LogP contribution in [0.3, 0.4) is 0 Å². The van der Waals surface area contributed by atoms with Crippen LogP contribution in [0.25, 0.3) is 11.4 Å². The van der Waals surface area contributed by atoms with Gasteiger partial charge in [-0.1, -0.05) is 54.7 Å². The third kappa shape index (κ3) is 4.45. The number of aromatic nitrogens is 3. The lowest BCUT2D eigenvalue weighted by Crippen LogP contribution is -2.41. The number of nitrogens with one attached hydrogen (secondary N) is 1. The number of rotatable bonds is 5. The first-order valence-corrected chi connectivity index (χ1v) is 10.3. The Kier molecular flexibility index (Phi) is 6.32. The Morgan fingerprint density at radius 1 is 1.35 bits per heavy atom. The quantitative estimate of drug-likeness (QED) is 0.575. The summed E-state index contributed by atoms with van der Waals surface area (Å²) in [5.74, 6) is 7.23. The lowest BCUT2D eigenvalue weighted by atomic mass is 9.86. The van der Waals surface area contributed by atoms with Crippen molar-refractivity contribution in [3.63, 3.8) is 0 Å². The summed E-state index contributed by atoms with van der Waals surface area (Å²) < 4.78 is 1.33. The first kappa shape index (κ1) is 19.3. The minimum Gasteiger partial charge on any atom is -0.352 e. The lowest BCUT2D eigenvalue weighted by molar-refractivity contribution is -0.119. The standard InChI is InChI=1S/C17H21Cl2N5OS/c1-10-4-2-3-5-14(10)21-15(25)9-26-17-23-22-16(24(17)20)12-8-11(18)6-7-13(12)19/h6-8,10,14H,2-5,9,20H2,1H3,(H,21,25)/t10-,14-/m0/s1. The van der Waals surface area contributed by atoms with Gasteiger partial charge in [0.15, 0.2) is 5.82 Å². The molecule has 1 aromatic carbocycles. The molecule has 1 fully saturated rings. The summed E-state index contributed by atoms with van der Waals surface area (Å²) in [5.41, 5.74) is 0.599. The third-order valence-corrected chi connectivity index (χ3v) is 6.13. The molecule has 2 atom stereocenters. The van der Waals surface area contributed by atoms with E-state index in [2.05, 4.69) is 22.4 Å². The zero-order chi connectivity index (χ0) is 18.7. The number of nitrogens with zero attached hydrogens (tertiary/aromatic N) is 3. The van der Waals surface area contributed by atoms with E-state index in [1.165, 1.54) is 35.7 Å². The summed E-state index contributed by atoms with van der Waals surface area (Å²) in [6.45, 7) is 2.19. The van der Waals surface area contributed by atoms with Crippen molar-refractivity contribution < 1.29 is 4.79 Å². The molecule has 1 aliphatic rings. The molecule has 1 amide bonds. The molecule has 1 saturated carbocycles. The van der Waals surface area contributed by atoms with Gasteiger partial charge in [-0.05, 0) is 37.0 Å². The van der Waals surface area contributed by atoms with E-state index in [4.69, 9.17) is 29.0 Å². The van der Waals surface area contributed by atoms with Crippen LogP contribution in [0, 0.1) is 5.92 Å². The molecule has 2 aromatic rings. The molecule has 0 radical (unpaired) electrons. The van der Waals surface area contributed by atoms with Crippen LogP contribution in [0.1, 0.15) is 32.6 Å². The van der Waals surface area contributed by atoms with Gasteiger partial charge < -0.3 is 11.2 Å². The molecule has 1 aromatic heterocycles. The van der Waals surface area contributed by atoms with Gasteiger partial charge in [-0.25, -0.2) is 4.68 Å². The maximum absolute atomic E-state index is 12.2. The van der Waals surface area contributed by atoms with Crippen molar-refractivity contribution in [1.29, 1.82) is 0 Å². The number of carbonyl (C=O) groups excluding carboxylic acids is 1. The molecule has 1 aliphatic carbocycles. The fourth-order valence-electron chi connectivity index (χ4n) is 3.14. The first-order chi connectivity index (χ1) is 12.5. The van der Waals surface area contributed by atoms with Crippen LogP contribution in [0.4, 0.5) is 0 Å². The van der Waals surface area contributed by atoms with Gasteiger partial charge >= 0.3 is 0 Å². The first-order valence-electron chi connectivity index (χ1n) is 8.53. The van der Waals surface area contributed by atoms with E-state index < -0.39 is 0 Å². The maximum Gasteiger partial charge on any atom is 0.230 e. The molecule has 0 saturated heterocycles. The highest BCUT2D eigenvalue weighted by Crippen LogP contribution is 2.30. The smallest absolute Gasteiger partial charge is 0.230 e. The Morgan fingerprint density at radius 3 is 2.88 bits per heavy atom. The maximum atomic E-state index is 12.2. The topological polar surface area (TPSA) is 85.8 Å². The number of nitrogen functional groups attached to an aromatic ring is 1. The van der Waals surface area contributed by atoms with Crippen molar-refractivity contribution >= 4 is 40.9 Å². The average molecular weight is 414 g/mol. The van der Waals surface area contributed by atoms with Crippen molar-refractivity contribution in [1.82, 2.24) is 20.2 Å². The Morgan fingerprint density at radius 2 is 2.12 bits per heavy atom. The van der Waals surface area contributed by atoms with E-state index in [1.54, 1.807) is 18.2 Å². The highest BCUT2D eigenvalue weighted by Gasteiger charge is 2.23. The second-order valence-corrected chi connectivity index (χ2v) is 8.31. The Balaban J connectivity index is 1.63. The van der Waals surface area contributed by atoms with E-state index in [-0.39, 0.29) is 17.7 Å². The number of carbonyl (C=O) groups is 1. The van der Waals surface area contributed by atoms with Gasteiger partial charge in [0, 0.05) is 16.6 Å². The molecule has 3 N–H and O–H groups in total. The van der Waals surface area contributed by atoms with Crippen LogP contribution in [-0.4, -0.2) is 32.6 Å². The van der Waals surface area contributed by atoms with Crippen LogP contribution in [0.5, 0.6) is 0 Å². The molecule has 140 valence electrons. The van der Waals surface area contributed by atoms with Gasteiger partial charge in [0.25, 0.3) is 0 Å². The monoisotopic (exact) mass is 413 g/mol. The summed E-state index contributed by atoms with van der Waals surface area (Å²) in [6.07, 6.45) is 4.62. The van der Waals surface area contributed by atoms with Crippen LogP contribution < -0.4 is 11.2 Å². The fraction of sp³-hybridized carbons (Fsp3) is 0.471. The fourth-order valence-corrected chi connectivity index (χ4v) is 4.18. The zero-order valence-corrected chi connectivity index (χ0v) is 16.7. The third-order valence-electron chi connectivity index (χ3n) is 4.62. The average Bonchev–Trinajstić information content (AvgIpc) is 2.98. The molecular formula is C17H21Cl2N5OS. The SMILES string of the molecule is C[C@H]1CCCC[C@@H]1NC(=O)CSc1nnc(-c2cc(Cl)ccc2Cl)n1N. The second-order valence-electron chi connectivity index (χ2n) is 6.52. The van der Waals surface area contributed by atoms with Crippen LogP contribution in [-0.2, 0) is 4.79 Å². The van der Waals surface area contributed by atoms with Crippen LogP contribution in [0.2, 0.25) is 10.0 Å². The van der Waals surface area contributed by atoms with E-state index in [9.17, 15) is 4.79 Å². The van der Waals surface area contributed by atoms with Crippen molar-refractivity contribution in [2.24, 2.45) is 5.92 Å². The van der Waals surface area contributed by atoms with Gasteiger partial charge in [-0.2, -0.15) is 0 Å². The normalized spacial score (nSPS) is 20.1. The van der Waals surface area contributed by atoms with Gasteiger partial charge in [0.2, 0.25) is 11.1 Å². The van der Waals surface area contributed by atoms with Crippen molar-refractivity contribution in [3.05, 3.63) is 28.2 Å². The van der Waals surface area contributed by atoms with Gasteiger partial charge in [-0.3, -0.25) is 4.79 Å². The summed E-state index contributed by atoms with van der Waals surface area (Å²) in [6, 6.07) is 5.31. The molecule has 3 rings (SSSR count). The Bertz CT molecular complexity index is 797. The van der Waals surface area contributed by atoms with E-state index in [0.717, 1.165) is 6.42 Å². The number of hydrogen-bond donors (Lipinski definition) is 2. The van der Waals surface area contributed by atoms with Crippen molar-refractivity contribution in [2.45, 2.75) is 43.8 Å². The predicted octanol–water partition coefficient (Wildman–Crippen LogP) is 3.75.